The van der Waals surface area contributed by atoms with Crippen LogP contribution in [0.1, 0.15) is 35.5 Å². The van der Waals surface area contributed by atoms with Crippen LogP contribution in [-0.2, 0) is 13.0 Å². The Labute approximate surface area is 154 Å². The fourth-order valence-corrected chi connectivity index (χ4v) is 3.30. The van der Waals surface area contributed by atoms with Crippen LogP contribution in [0.5, 0.6) is 0 Å². The van der Waals surface area contributed by atoms with Crippen LogP contribution in [0.15, 0.2) is 42.0 Å². The molecule has 2 heterocycles. The standard InChI is InChI=1S/C19H19F2N3OS/c1-12(2)8-13-9-16(18(25)23-19-22-6-7-26-19)24(10-13)11-14-4-3-5-15(20)17(14)21/h3-7,9-10,12H,8,11H2,1-2H3,(H,22,23,25). The molecule has 0 saturated carbocycles. The molecule has 0 atom stereocenters. The van der Waals surface area contributed by atoms with Crippen LogP contribution in [0, 0.1) is 17.6 Å². The fraction of sp³-hybridized carbons (Fsp3) is 0.263. The number of thiazole rings is 1. The average molecular weight is 375 g/mol. The summed E-state index contributed by atoms with van der Waals surface area (Å²) in [6.07, 6.45) is 4.21. The summed E-state index contributed by atoms with van der Waals surface area (Å²) in [7, 11) is 0. The van der Waals surface area contributed by atoms with Crippen molar-refractivity contribution >= 4 is 22.4 Å². The molecule has 0 radical (unpaired) electrons. The molecule has 2 aromatic heterocycles. The van der Waals surface area contributed by atoms with E-state index in [2.05, 4.69) is 24.1 Å². The Hall–Kier alpha value is -2.54. The van der Waals surface area contributed by atoms with E-state index in [-0.39, 0.29) is 18.0 Å². The Balaban J connectivity index is 1.92. The second-order valence-corrected chi connectivity index (χ2v) is 7.36. The van der Waals surface area contributed by atoms with Gasteiger partial charge in [-0.2, -0.15) is 0 Å². The minimum atomic E-state index is -0.897. The summed E-state index contributed by atoms with van der Waals surface area (Å²) < 4.78 is 29.2. The van der Waals surface area contributed by atoms with Gasteiger partial charge >= 0.3 is 0 Å². The maximum Gasteiger partial charge on any atom is 0.274 e. The predicted octanol–water partition coefficient (Wildman–Crippen LogP) is 4.72. The van der Waals surface area contributed by atoms with E-state index in [1.165, 1.54) is 23.5 Å². The van der Waals surface area contributed by atoms with E-state index in [0.717, 1.165) is 18.1 Å². The van der Waals surface area contributed by atoms with Gasteiger partial charge in [-0.25, -0.2) is 13.8 Å². The van der Waals surface area contributed by atoms with Crippen molar-refractivity contribution in [2.24, 2.45) is 5.92 Å². The van der Waals surface area contributed by atoms with E-state index < -0.39 is 11.6 Å². The fourth-order valence-electron chi connectivity index (χ4n) is 2.78. The SMILES string of the molecule is CC(C)Cc1cc(C(=O)Nc2nccs2)n(Cc2cccc(F)c2F)c1. The van der Waals surface area contributed by atoms with Crippen molar-refractivity contribution in [3.8, 4) is 0 Å². The Bertz CT molecular complexity index is 904. The summed E-state index contributed by atoms with van der Waals surface area (Å²) in [5.41, 5.74) is 1.56. The molecule has 0 aliphatic heterocycles. The third-order valence-electron chi connectivity index (χ3n) is 3.85. The summed E-state index contributed by atoms with van der Waals surface area (Å²) in [6, 6.07) is 5.85. The van der Waals surface area contributed by atoms with Gasteiger partial charge < -0.3 is 4.57 Å². The van der Waals surface area contributed by atoms with Gasteiger partial charge in [-0.15, -0.1) is 11.3 Å². The van der Waals surface area contributed by atoms with Gasteiger partial charge in [0, 0.05) is 23.3 Å². The van der Waals surface area contributed by atoms with Gasteiger partial charge in [-0.05, 0) is 30.0 Å². The molecule has 0 saturated heterocycles. The van der Waals surface area contributed by atoms with Crippen LogP contribution in [-0.4, -0.2) is 15.5 Å². The van der Waals surface area contributed by atoms with Gasteiger partial charge in [-0.3, -0.25) is 10.1 Å². The van der Waals surface area contributed by atoms with Crippen molar-refractivity contribution in [3.05, 3.63) is 70.5 Å². The monoisotopic (exact) mass is 375 g/mol. The Kier molecular flexibility index (Phi) is 5.46. The number of carbonyl (C=O) groups excluding carboxylic acids is 1. The first-order valence-corrected chi connectivity index (χ1v) is 9.14. The molecule has 0 spiro atoms. The lowest BCUT2D eigenvalue weighted by Gasteiger charge is -2.10. The first kappa shape index (κ1) is 18.3. The molecule has 4 nitrogen and oxygen atoms in total. The summed E-state index contributed by atoms with van der Waals surface area (Å²) >= 11 is 1.32. The molecule has 0 unspecified atom stereocenters. The maximum absolute atomic E-state index is 14.0. The molecule has 1 amide bonds. The van der Waals surface area contributed by atoms with E-state index >= 15 is 0 Å². The van der Waals surface area contributed by atoms with E-state index in [9.17, 15) is 13.6 Å². The molecular weight excluding hydrogens is 356 g/mol. The largest absolute Gasteiger partial charge is 0.339 e. The van der Waals surface area contributed by atoms with Crippen LogP contribution < -0.4 is 5.32 Å². The third-order valence-corrected chi connectivity index (χ3v) is 4.54. The highest BCUT2D eigenvalue weighted by atomic mass is 32.1. The van der Waals surface area contributed by atoms with Crippen LogP contribution in [0.3, 0.4) is 0 Å². The minimum absolute atomic E-state index is 0.0717. The Morgan fingerprint density at radius 2 is 2.15 bits per heavy atom. The number of rotatable bonds is 6. The number of anilines is 1. The quantitative estimate of drug-likeness (QED) is 0.677. The van der Waals surface area contributed by atoms with Gasteiger partial charge in [0.05, 0.1) is 6.54 Å². The maximum atomic E-state index is 14.0. The highest BCUT2D eigenvalue weighted by molar-refractivity contribution is 7.13. The molecule has 136 valence electrons. The van der Waals surface area contributed by atoms with E-state index in [0.29, 0.717) is 16.7 Å². The topological polar surface area (TPSA) is 46.9 Å². The molecule has 3 aromatic rings. The van der Waals surface area contributed by atoms with Crippen molar-refractivity contribution in [1.82, 2.24) is 9.55 Å². The zero-order chi connectivity index (χ0) is 18.7. The number of benzene rings is 1. The summed E-state index contributed by atoms with van der Waals surface area (Å²) in [5, 5.41) is 4.99. The number of hydrogen-bond acceptors (Lipinski definition) is 3. The average Bonchev–Trinajstić information content (AvgIpc) is 3.21. The number of nitrogens with zero attached hydrogens (tertiary/aromatic N) is 2. The number of carbonyl (C=O) groups is 1. The molecular formula is C19H19F2N3OS. The molecule has 0 bridgehead atoms. The van der Waals surface area contributed by atoms with E-state index in [1.54, 1.807) is 22.2 Å². The number of aromatic nitrogens is 2. The van der Waals surface area contributed by atoms with Crippen LogP contribution in [0.2, 0.25) is 0 Å². The lowest BCUT2D eigenvalue weighted by molar-refractivity contribution is 0.101. The molecule has 0 aliphatic rings. The first-order chi connectivity index (χ1) is 12.4. The highest BCUT2D eigenvalue weighted by Crippen LogP contribution is 2.20. The second kappa shape index (κ2) is 7.78. The molecule has 0 aliphatic carbocycles. The highest BCUT2D eigenvalue weighted by Gasteiger charge is 2.17. The van der Waals surface area contributed by atoms with Crippen molar-refractivity contribution < 1.29 is 13.6 Å². The van der Waals surface area contributed by atoms with Gasteiger partial charge in [0.25, 0.3) is 5.91 Å². The van der Waals surface area contributed by atoms with Gasteiger partial charge in [0.2, 0.25) is 0 Å². The molecule has 1 aromatic carbocycles. The Morgan fingerprint density at radius 1 is 1.35 bits per heavy atom. The lowest BCUT2D eigenvalue weighted by Crippen LogP contribution is -2.17. The summed E-state index contributed by atoms with van der Waals surface area (Å²) in [5.74, 6) is -1.71. The number of hydrogen-bond donors (Lipinski definition) is 1. The second-order valence-electron chi connectivity index (χ2n) is 6.46. The van der Waals surface area contributed by atoms with Crippen LogP contribution >= 0.6 is 11.3 Å². The first-order valence-electron chi connectivity index (χ1n) is 8.27. The normalized spacial score (nSPS) is 11.1. The lowest BCUT2D eigenvalue weighted by atomic mass is 10.1. The van der Waals surface area contributed by atoms with Gasteiger partial charge in [-0.1, -0.05) is 26.0 Å². The molecule has 0 fully saturated rings. The zero-order valence-electron chi connectivity index (χ0n) is 14.5. The predicted molar refractivity (Wildman–Crippen MR) is 98.5 cm³/mol. The molecule has 26 heavy (non-hydrogen) atoms. The minimum Gasteiger partial charge on any atom is -0.339 e. The summed E-state index contributed by atoms with van der Waals surface area (Å²) in [4.78, 5) is 16.7. The summed E-state index contributed by atoms with van der Waals surface area (Å²) in [6.45, 7) is 4.24. The van der Waals surface area contributed by atoms with Gasteiger partial charge in [0.15, 0.2) is 16.8 Å². The molecule has 3 rings (SSSR count). The van der Waals surface area contributed by atoms with E-state index in [1.807, 2.05) is 6.20 Å². The molecule has 7 heteroatoms. The van der Waals surface area contributed by atoms with Gasteiger partial charge in [0.1, 0.15) is 5.69 Å². The van der Waals surface area contributed by atoms with E-state index in [4.69, 9.17) is 0 Å². The number of nitrogens with one attached hydrogen (secondary N) is 1. The third kappa shape index (κ3) is 4.16. The van der Waals surface area contributed by atoms with Crippen molar-refractivity contribution in [3.63, 3.8) is 0 Å². The Morgan fingerprint density at radius 3 is 2.85 bits per heavy atom. The molecule has 1 N–H and O–H groups in total. The van der Waals surface area contributed by atoms with Crippen molar-refractivity contribution in [2.45, 2.75) is 26.8 Å². The number of amides is 1. The number of halogens is 2. The zero-order valence-corrected chi connectivity index (χ0v) is 15.3. The van der Waals surface area contributed by atoms with Crippen molar-refractivity contribution in [1.29, 1.82) is 0 Å². The van der Waals surface area contributed by atoms with Crippen molar-refractivity contribution in [2.75, 3.05) is 5.32 Å². The van der Waals surface area contributed by atoms with Crippen LogP contribution in [0.4, 0.5) is 13.9 Å². The van der Waals surface area contributed by atoms with Crippen LogP contribution in [0.25, 0.3) is 0 Å². The smallest absolute Gasteiger partial charge is 0.274 e.